The summed E-state index contributed by atoms with van der Waals surface area (Å²) < 4.78 is 45.8. The Bertz CT molecular complexity index is 1300. The lowest BCUT2D eigenvalue weighted by molar-refractivity contribution is -0.274. The summed E-state index contributed by atoms with van der Waals surface area (Å²) in [6.45, 7) is 1.00. The van der Waals surface area contributed by atoms with E-state index >= 15 is 0 Å². The highest BCUT2D eigenvalue weighted by Gasteiger charge is 2.31. The first-order chi connectivity index (χ1) is 19.2. The maximum absolute atomic E-state index is 13.1. The number of rotatable bonds is 11. The molecule has 2 N–H and O–H groups in total. The molecule has 1 aliphatic rings. The largest absolute Gasteiger partial charge is 0.573 e. The van der Waals surface area contributed by atoms with E-state index in [9.17, 15) is 27.6 Å². The fourth-order valence-corrected chi connectivity index (χ4v) is 4.76. The number of nitrogens with zero attached hydrogens (tertiary/aromatic N) is 2. The number of likely N-dealkylation sites (tertiary alicyclic amines) is 1. The molecule has 1 aliphatic heterocycles. The number of carbonyl (C=O) groups is 3. The van der Waals surface area contributed by atoms with Crippen LogP contribution in [0.25, 0.3) is 0 Å². The number of thiazole rings is 1. The molecule has 0 radical (unpaired) electrons. The summed E-state index contributed by atoms with van der Waals surface area (Å²) in [5.74, 6) is -1.31. The zero-order valence-corrected chi connectivity index (χ0v) is 22.1. The number of nitrogens with one attached hydrogen (secondary N) is 2. The Morgan fingerprint density at radius 2 is 1.68 bits per heavy atom. The Morgan fingerprint density at radius 1 is 1.00 bits per heavy atom. The molecule has 1 saturated heterocycles. The lowest BCUT2D eigenvalue weighted by Gasteiger charge is -2.24. The number of aromatic nitrogens is 1. The van der Waals surface area contributed by atoms with Crippen molar-refractivity contribution in [3.8, 4) is 11.5 Å². The number of halogens is 3. The average molecular weight is 577 g/mol. The lowest BCUT2D eigenvalue weighted by Crippen LogP contribution is -2.49. The highest BCUT2D eigenvalue weighted by molar-refractivity contribution is 7.09. The van der Waals surface area contributed by atoms with Crippen LogP contribution in [0.5, 0.6) is 11.5 Å². The van der Waals surface area contributed by atoms with Crippen molar-refractivity contribution in [1.29, 1.82) is 0 Å². The Morgan fingerprint density at radius 3 is 2.35 bits per heavy atom. The molecule has 212 valence electrons. The molecule has 0 saturated carbocycles. The van der Waals surface area contributed by atoms with Gasteiger partial charge in [-0.1, -0.05) is 30.3 Å². The van der Waals surface area contributed by atoms with Crippen molar-refractivity contribution in [2.24, 2.45) is 0 Å². The number of alkyl halides is 3. The predicted octanol–water partition coefficient (Wildman–Crippen LogP) is 3.70. The van der Waals surface area contributed by atoms with Crippen LogP contribution in [0.15, 0.2) is 60.0 Å². The second-order valence-corrected chi connectivity index (χ2v) is 9.90. The fraction of sp³-hybridized carbons (Fsp3) is 0.333. The van der Waals surface area contributed by atoms with Crippen LogP contribution in [0, 0.1) is 0 Å². The van der Waals surface area contributed by atoms with E-state index in [2.05, 4.69) is 20.4 Å². The number of hydrogen-bond donors (Lipinski definition) is 2. The minimum Gasteiger partial charge on any atom is -0.484 e. The Balaban J connectivity index is 1.27. The van der Waals surface area contributed by atoms with Gasteiger partial charge >= 0.3 is 6.36 Å². The van der Waals surface area contributed by atoms with E-state index in [1.165, 1.54) is 23.5 Å². The van der Waals surface area contributed by atoms with E-state index in [1.54, 1.807) is 10.3 Å². The molecule has 9 nitrogen and oxygen atoms in total. The summed E-state index contributed by atoms with van der Waals surface area (Å²) >= 11 is 1.18. The molecule has 1 aromatic heterocycles. The molecular weight excluding hydrogens is 549 g/mol. The number of hydrogen-bond acceptors (Lipinski definition) is 7. The number of amides is 3. The molecule has 40 heavy (non-hydrogen) atoms. The van der Waals surface area contributed by atoms with Crippen molar-refractivity contribution in [2.75, 3.05) is 19.7 Å². The van der Waals surface area contributed by atoms with Crippen molar-refractivity contribution >= 4 is 29.1 Å². The van der Waals surface area contributed by atoms with Crippen LogP contribution in [-0.2, 0) is 22.6 Å². The Kier molecular flexibility index (Phi) is 9.59. The fourth-order valence-electron chi connectivity index (χ4n) is 4.05. The van der Waals surface area contributed by atoms with Gasteiger partial charge in [0.05, 0.1) is 6.54 Å². The summed E-state index contributed by atoms with van der Waals surface area (Å²) in [6.07, 6.45) is -2.57. The van der Waals surface area contributed by atoms with Gasteiger partial charge in [-0.25, -0.2) is 4.98 Å². The first kappa shape index (κ1) is 28.9. The van der Waals surface area contributed by atoms with Crippen LogP contribution in [0.4, 0.5) is 13.2 Å². The monoisotopic (exact) mass is 576 g/mol. The average Bonchev–Trinajstić information content (AvgIpc) is 3.63. The maximum atomic E-state index is 13.1. The quantitative estimate of drug-likeness (QED) is 0.360. The highest BCUT2D eigenvalue weighted by Crippen LogP contribution is 2.24. The summed E-state index contributed by atoms with van der Waals surface area (Å²) in [5, 5.41) is 7.46. The smallest absolute Gasteiger partial charge is 0.484 e. The second-order valence-electron chi connectivity index (χ2n) is 8.96. The third-order valence-corrected chi connectivity index (χ3v) is 6.80. The molecule has 0 spiro atoms. The van der Waals surface area contributed by atoms with Gasteiger partial charge < -0.3 is 25.0 Å². The van der Waals surface area contributed by atoms with Gasteiger partial charge in [-0.2, -0.15) is 0 Å². The standard InChI is InChI=1S/C27H27F3N4O5S/c28-27(29,30)39-20-10-8-19(9-11-20)38-16-23(35)31-15-24-32-22(17-40-24)25(36)33-21(14-18-6-2-1-3-7-18)26(37)34-12-4-5-13-34/h1-3,6-11,17,21H,4-5,12-16H2,(H,31,35)(H,33,36)/t21-/m0/s1. The molecule has 2 aromatic carbocycles. The Labute approximate surface area is 232 Å². The zero-order valence-electron chi connectivity index (χ0n) is 21.3. The third-order valence-electron chi connectivity index (χ3n) is 5.95. The van der Waals surface area contributed by atoms with Crippen molar-refractivity contribution in [1.82, 2.24) is 20.5 Å². The third kappa shape index (κ3) is 8.70. The number of benzene rings is 2. The molecular formula is C27H27F3N4O5S. The van der Waals surface area contributed by atoms with Gasteiger partial charge in [-0.15, -0.1) is 24.5 Å². The number of ether oxygens (including phenoxy) is 2. The van der Waals surface area contributed by atoms with Crippen LogP contribution in [0.3, 0.4) is 0 Å². The van der Waals surface area contributed by atoms with Crippen LogP contribution in [0.1, 0.15) is 33.9 Å². The molecule has 1 atom stereocenters. The highest BCUT2D eigenvalue weighted by atomic mass is 32.1. The summed E-state index contributed by atoms with van der Waals surface area (Å²) in [6, 6.07) is 13.4. The second kappa shape index (κ2) is 13.3. The molecule has 0 unspecified atom stereocenters. The van der Waals surface area contributed by atoms with E-state index in [4.69, 9.17) is 4.74 Å². The Hall–Kier alpha value is -4.13. The maximum Gasteiger partial charge on any atom is 0.573 e. The summed E-state index contributed by atoms with van der Waals surface area (Å²) in [7, 11) is 0. The van der Waals surface area contributed by atoms with Crippen molar-refractivity contribution < 1.29 is 37.0 Å². The first-order valence-electron chi connectivity index (χ1n) is 12.5. The van der Waals surface area contributed by atoms with Gasteiger partial charge in [-0.3, -0.25) is 14.4 Å². The predicted molar refractivity (Wildman–Crippen MR) is 140 cm³/mol. The summed E-state index contributed by atoms with van der Waals surface area (Å²) in [4.78, 5) is 44.3. The van der Waals surface area contributed by atoms with Gasteiger partial charge in [0.15, 0.2) is 6.61 Å². The van der Waals surface area contributed by atoms with Crippen LogP contribution in [-0.4, -0.2) is 59.7 Å². The van der Waals surface area contributed by atoms with Crippen molar-refractivity contribution in [3.05, 3.63) is 76.2 Å². The molecule has 0 bridgehead atoms. The van der Waals surface area contributed by atoms with Crippen LogP contribution in [0.2, 0.25) is 0 Å². The minimum atomic E-state index is -4.80. The molecule has 3 aromatic rings. The van der Waals surface area contributed by atoms with Gasteiger partial charge in [0.2, 0.25) is 5.91 Å². The molecule has 13 heteroatoms. The zero-order chi connectivity index (χ0) is 28.5. The van der Waals surface area contributed by atoms with E-state index in [1.807, 2.05) is 30.3 Å². The van der Waals surface area contributed by atoms with Gasteiger partial charge in [0.25, 0.3) is 11.8 Å². The van der Waals surface area contributed by atoms with E-state index in [0.29, 0.717) is 24.5 Å². The first-order valence-corrected chi connectivity index (χ1v) is 13.4. The van der Waals surface area contributed by atoms with E-state index in [-0.39, 0.29) is 30.5 Å². The lowest BCUT2D eigenvalue weighted by atomic mass is 10.0. The SMILES string of the molecule is O=C(COc1ccc(OC(F)(F)F)cc1)NCc1nc(C(=O)N[C@@H](Cc2ccccc2)C(=O)N2CCCC2)cs1. The molecule has 2 heterocycles. The van der Waals surface area contributed by atoms with Gasteiger partial charge in [0.1, 0.15) is 28.2 Å². The molecule has 1 fully saturated rings. The summed E-state index contributed by atoms with van der Waals surface area (Å²) in [5.41, 5.74) is 1.06. The van der Waals surface area contributed by atoms with Crippen molar-refractivity contribution in [3.63, 3.8) is 0 Å². The molecule has 4 rings (SSSR count). The minimum absolute atomic E-state index is 0.0403. The van der Waals surface area contributed by atoms with Gasteiger partial charge in [-0.05, 0) is 42.7 Å². The van der Waals surface area contributed by atoms with E-state index in [0.717, 1.165) is 30.5 Å². The number of carbonyl (C=O) groups excluding carboxylic acids is 3. The molecule has 0 aliphatic carbocycles. The van der Waals surface area contributed by atoms with Crippen molar-refractivity contribution in [2.45, 2.75) is 38.2 Å². The van der Waals surface area contributed by atoms with E-state index < -0.39 is 30.0 Å². The van der Waals surface area contributed by atoms with Gasteiger partial charge in [0, 0.05) is 24.9 Å². The normalized spacial score (nSPS) is 13.9. The topological polar surface area (TPSA) is 110 Å². The van der Waals surface area contributed by atoms with Crippen LogP contribution >= 0.6 is 11.3 Å². The van der Waals surface area contributed by atoms with Crippen LogP contribution < -0.4 is 20.1 Å². The molecule has 3 amide bonds.